The summed E-state index contributed by atoms with van der Waals surface area (Å²) in [5.41, 5.74) is 0. The molecule has 7 heteroatoms. The van der Waals surface area contributed by atoms with E-state index in [1.807, 2.05) is 5.32 Å². The number of nitrogens with one attached hydrogen (secondary N) is 1. The summed E-state index contributed by atoms with van der Waals surface area (Å²) in [6.07, 6.45) is -1.10. The summed E-state index contributed by atoms with van der Waals surface area (Å²) in [5, 5.41) is 6.20. The first-order chi connectivity index (χ1) is 3.95. The molecule has 9 heavy (non-hydrogen) atoms. The number of nitrogens with two attached hydrogens (primary N) is 1. The van der Waals surface area contributed by atoms with E-state index >= 15 is 0 Å². The molecule has 0 radical (unpaired) electrons. The second-order valence-corrected chi connectivity index (χ2v) is 2.27. The van der Waals surface area contributed by atoms with Crippen LogP contribution in [0.15, 0.2) is 0 Å². The van der Waals surface area contributed by atoms with E-state index in [0.717, 1.165) is 0 Å². The number of rotatable bonds is 1. The Hall–Kier alpha value is -0.820. The average molecular weight is 154 g/mol. The molecule has 54 valence electrons. The zero-order valence-electron chi connectivity index (χ0n) is 4.62. The molecule has 0 aromatic carbocycles. The standard InChI is InChI=1S/C2H6N2O4S/c1-4-2(5)8-9(3,6)7/h1H3,(H,4,5)(H2,3,6,7). The van der Waals surface area contributed by atoms with Gasteiger partial charge in [0, 0.05) is 7.05 Å². The van der Waals surface area contributed by atoms with Gasteiger partial charge in [-0.05, 0) is 0 Å². The van der Waals surface area contributed by atoms with Gasteiger partial charge in [-0.2, -0.15) is 13.6 Å². The van der Waals surface area contributed by atoms with Crippen LogP contribution in [0, 0.1) is 0 Å². The molecule has 3 N–H and O–H groups in total. The molecular formula is C2H6N2O4S. The van der Waals surface area contributed by atoms with Crippen LogP contribution in [0.3, 0.4) is 0 Å². The maximum atomic E-state index is 10.0. The van der Waals surface area contributed by atoms with Crippen molar-refractivity contribution < 1.29 is 17.4 Å². The van der Waals surface area contributed by atoms with Crippen molar-refractivity contribution in [1.29, 1.82) is 0 Å². The Bertz CT molecular complexity index is 195. The highest BCUT2D eigenvalue weighted by atomic mass is 32.2. The Morgan fingerprint density at radius 2 is 2.11 bits per heavy atom. The fourth-order valence-corrected chi connectivity index (χ4v) is 0.441. The number of hydrogen-bond donors (Lipinski definition) is 2. The molecule has 0 heterocycles. The third kappa shape index (κ3) is 5.04. The zero-order chi connectivity index (χ0) is 7.49. The minimum absolute atomic E-state index is 1.10. The largest absolute Gasteiger partial charge is 0.423 e. The molecule has 0 bridgehead atoms. The van der Waals surface area contributed by atoms with Crippen molar-refractivity contribution in [2.75, 3.05) is 7.05 Å². The first-order valence-corrected chi connectivity index (χ1v) is 3.37. The van der Waals surface area contributed by atoms with E-state index in [2.05, 4.69) is 9.32 Å². The van der Waals surface area contributed by atoms with Crippen LogP contribution in [0.5, 0.6) is 0 Å². The fraction of sp³-hybridized carbons (Fsp3) is 0.500. The zero-order valence-corrected chi connectivity index (χ0v) is 5.44. The second kappa shape index (κ2) is 2.65. The van der Waals surface area contributed by atoms with Gasteiger partial charge in [0.1, 0.15) is 0 Å². The van der Waals surface area contributed by atoms with Crippen molar-refractivity contribution in [2.24, 2.45) is 5.14 Å². The van der Waals surface area contributed by atoms with E-state index in [1.165, 1.54) is 7.05 Å². The van der Waals surface area contributed by atoms with E-state index in [0.29, 0.717) is 0 Å². The first-order valence-electron chi connectivity index (χ1n) is 1.89. The van der Waals surface area contributed by atoms with Crippen LogP contribution in [0.2, 0.25) is 0 Å². The summed E-state index contributed by atoms with van der Waals surface area (Å²) in [4.78, 5) is 10.0. The normalized spacial score (nSPS) is 10.4. The van der Waals surface area contributed by atoms with Crippen molar-refractivity contribution in [3.63, 3.8) is 0 Å². The molecule has 0 aliphatic carbocycles. The highest BCUT2D eigenvalue weighted by Gasteiger charge is 2.07. The van der Waals surface area contributed by atoms with Gasteiger partial charge in [-0.25, -0.2) is 4.79 Å². The summed E-state index contributed by atoms with van der Waals surface area (Å²) < 4.78 is 23.4. The van der Waals surface area contributed by atoms with E-state index in [-0.39, 0.29) is 0 Å². The predicted molar refractivity (Wildman–Crippen MR) is 28.6 cm³/mol. The summed E-state index contributed by atoms with van der Waals surface area (Å²) in [5.74, 6) is 0. The molecule has 0 rings (SSSR count). The molecular weight excluding hydrogens is 148 g/mol. The van der Waals surface area contributed by atoms with E-state index in [4.69, 9.17) is 0 Å². The Morgan fingerprint density at radius 1 is 1.67 bits per heavy atom. The van der Waals surface area contributed by atoms with Crippen molar-refractivity contribution in [3.05, 3.63) is 0 Å². The highest BCUT2D eigenvalue weighted by molar-refractivity contribution is 7.84. The highest BCUT2D eigenvalue weighted by Crippen LogP contribution is 1.80. The molecule has 0 aromatic rings. The summed E-state index contributed by atoms with van der Waals surface area (Å²) in [7, 11) is -2.93. The number of carbonyl (C=O) groups excluding carboxylic acids is 1. The molecule has 1 amide bonds. The van der Waals surface area contributed by atoms with Crippen molar-refractivity contribution >= 4 is 16.4 Å². The van der Waals surface area contributed by atoms with Gasteiger partial charge in [-0.15, -0.1) is 0 Å². The maximum Gasteiger partial charge on any atom is 0.423 e. The number of amides is 1. The molecule has 0 unspecified atom stereocenters. The van der Waals surface area contributed by atoms with Crippen LogP contribution in [0.1, 0.15) is 0 Å². The third-order valence-corrected chi connectivity index (χ3v) is 0.780. The Kier molecular flexibility index (Phi) is 2.41. The lowest BCUT2D eigenvalue weighted by Gasteiger charge is -1.96. The Morgan fingerprint density at radius 3 is 2.22 bits per heavy atom. The molecule has 0 aliphatic heterocycles. The SMILES string of the molecule is CNC(=O)OS(N)(=O)=O. The van der Waals surface area contributed by atoms with Gasteiger partial charge in [0.15, 0.2) is 0 Å². The Balaban J connectivity index is 3.91. The quantitative estimate of drug-likeness (QED) is 0.482. The molecule has 0 spiro atoms. The monoisotopic (exact) mass is 154 g/mol. The predicted octanol–water partition coefficient (Wildman–Crippen LogP) is -1.45. The molecule has 0 aliphatic rings. The molecule has 0 aromatic heterocycles. The van der Waals surface area contributed by atoms with Crippen LogP contribution in [-0.4, -0.2) is 21.6 Å². The van der Waals surface area contributed by atoms with Crippen molar-refractivity contribution in [1.82, 2.24) is 5.32 Å². The van der Waals surface area contributed by atoms with Gasteiger partial charge in [0.2, 0.25) is 0 Å². The second-order valence-electron chi connectivity index (χ2n) is 1.11. The topological polar surface area (TPSA) is 98.5 Å². The first kappa shape index (κ1) is 8.18. The van der Waals surface area contributed by atoms with Gasteiger partial charge in [0.05, 0.1) is 0 Å². The number of carbonyl (C=O) groups is 1. The smallest absolute Gasteiger partial charge is 0.324 e. The molecule has 6 nitrogen and oxygen atoms in total. The summed E-state index contributed by atoms with van der Waals surface area (Å²) in [6, 6.07) is 0. The summed E-state index contributed by atoms with van der Waals surface area (Å²) >= 11 is 0. The van der Waals surface area contributed by atoms with Gasteiger partial charge in [-0.1, -0.05) is 0 Å². The van der Waals surface area contributed by atoms with E-state index in [9.17, 15) is 13.2 Å². The minimum atomic E-state index is -4.15. The number of hydrogen-bond acceptors (Lipinski definition) is 4. The van der Waals surface area contributed by atoms with Crippen LogP contribution in [-0.2, 0) is 14.5 Å². The fourth-order valence-electron chi connectivity index (χ4n) is 0.147. The minimum Gasteiger partial charge on any atom is -0.324 e. The third-order valence-electron chi connectivity index (χ3n) is 0.396. The van der Waals surface area contributed by atoms with Crippen LogP contribution < -0.4 is 10.5 Å². The lowest BCUT2D eigenvalue weighted by molar-refractivity contribution is 0.205. The summed E-state index contributed by atoms with van der Waals surface area (Å²) in [6.45, 7) is 0. The lowest BCUT2D eigenvalue weighted by Crippen LogP contribution is -2.27. The van der Waals surface area contributed by atoms with Crippen LogP contribution in [0.25, 0.3) is 0 Å². The van der Waals surface area contributed by atoms with Crippen LogP contribution >= 0.6 is 0 Å². The van der Waals surface area contributed by atoms with Gasteiger partial charge >= 0.3 is 16.4 Å². The molecule has 0 fully saturated rings. The van der Waals surface area contributed by atoms with Gasteiger partial charge in [0.25, 0.3) is 0 Å². The van der Waals surface area contributed by atoms with E-state index < -0.39 is 16.4 Å². The Labute approximate surface area is 52.2 Å². The van der Waals surface area contributed by atoms with Crippen molar-refractivity contribution in [2.45, 2.75) is 0 Å². The van der Waals surface area contributed by atoms with E-state index in [1.54, 1.807) is 0 Å². The lowest BCUT2D eigenvalue weighted by atomic mass is 11.1. The van der Waals surface area contributed by atoms with Gasteiger partial charge in [-0.3, -0.25) is 0 Å². The maximum absolute atomic E-state index is 10.0. The molecule has 0 atom stereocenters. The van der Waals surface area contributed by atoms with Crippen LogP contribution in [0.4, 0.5) is 4.79 Å². The molecule has 0 saturated carbocycles. The average Bonchev–Trinajstić information content (AvgIpc) is 1.62. The van der Waals surface area contributed by atoms with Crippen molar-refractivity contribution in [3.8, 4) is 0 Å². The van der Waals surface area contributed by atoms with Gasteiger partial charge < -0.3 is 9.50 Å². The molecule has 0 saturated heterocycles.